The highest BCUT2D eigenvalue weighted by Crippen LogP contribution is 2.28. The normalized spacial score (nSPS) is 11.1. The number of aromatic nitrogens is 2. The number of rotatable bonds is 5. The molecule has 0 radical (unpaired) electrons. The summed E-state index contributed by atoms with van der Waals surface area (Å²) in [5.41, 5.74) is 1.22. The second kappa shape index (κ2) is 7.36. The Kier molecular flexibility index (Phi) is 5.21. The van der Waals surface area contributed by atoms with Crippen LogP contribution in [0.5, 0.6) is 5.75 Å². The van der Waals surface area contributed by atoms with Crippen molar-refractivity contribution < 1.29 is 5.11 Å². The minimum Gasteiger partial charge on any atom is -0.507 e. The summed E-state index contributed by atoms with van der Waals surface area (Å²) in [6.07, 6.45) is 3.87. The number of halogens is 2. The number of alkyl halides is 1. The molecule has 3 rings (SSSR count). The van der Waals surface area contributed by atoms with E-state index in [4.69, 9.17) is 11.6 Å². The SMILES string of the molecule is O=c1c(CCCCBr)c(O)c2cccnc2n1-c1cccc(Cl)c1. The maximum Gasteiger partial charge on any atom is 0.263 e. The van der Waals surface area contributed by atoms with Gasteiger partial charge in [0.25, 0.3) is 5.56 Å². The van der Waals surface area contributed by atoms with Crippen LogP contribution in [-0.2, 0) is 6.42 Å². The van der Waals surface area contributed by atoms with Crippen molar-refractivity contribution in [1.29, 1.82) is 0 Å². The van der Waals surface area contributed by atoms with Crippen molar-refractivity contribution in [3.05, 3.63) is 63.5 Å². The van der Waals surface area contributed by atoms with Crippen molar-refractivity contribution >= 4 is 38.6 Å². The molecule has 0 aliphatic carbocycles. The van der Waals surface area contributed by atoms with E-state index in [2.05, 4.69) is 20.9 Å². The first kappa shape index (κ1) is 17.0. The lowest BCUT2D eigenvalue weighted by Crippen LogP contribution is -2.23. The van der Waals surface area contributed by atoms with Gasteiger partial charge in [-0.3, -0.25) is 9.36 Å². The number of unbranched alkanes of at least 4 members (excludes halogenated alkanes) is 1. The van der Waals surface area contributed by atoms with Crippen LogP contribution in [0.2, 0.25) is 5.02 Å². The molecule has 2 heterocycles. The van der Waals surface area contributed by atoms with E-state index in [1.54, 1.807) is 42.6 Å². The van der Waals surface area contributed by atoms with Gasteiger partial charge in [0, 0.05) is 16.5 Å². The predicted molar refractivity (Wildman–Crippen MR) is 101 cm³/mol. The topological polar surface area (TPSA) is 55.1 Å². The summed E-state index contributed by atoms with van der Waals surface area (Å²) in [4.78, 5) is 17.3. The van der Waals surface area contributed by atoms with Crippen LogP contribution in [0.15, 0.2) is 47.4 Å². The van der Waals surface area contributed by atoms with E-state index in [-0.39, 0.29) is 11.3 Å². The summed E-state index contributed by atoms with van der Waals surface area (Å²) >= 11 is 9.47. The van der Waals surface area contributed by atoms with Gasteiger partial charge in [-0.05, 0) is 49.6 Å². The Morgan fingerprint density at radius 3 is 2.79 bits per heavy atom. The summed E-state index contributed by atoms with van der Waals surface area (Å²) < 4.78 is 1.52. The van der Waals surface area contributed by atoms with Gasteiger partial charge in [0.15, 0.2) is 5.65 Å². The van der Waals surface area contributed by atoms with Crippen molar-refractivity contribution in [2.75, 3.05) is 5.33 Å². The first-order valence-electron chi connectivity index (χ1n) is 7.67. The van der Waals surface area contributed by atoms with Gasteiger partial charge >= 0.3 is 0 Å². The molecule has 0 saturated carbocycles. The monoisotopic (exact) mass is 406 g/mol. The zero-order valence-electron chi connectivity index (χ0n) is 12.9. The summed E-state index contributed by atoms with van der Waals surface area (Å²) in [5.74, 6) is 0.0240. The van der Waals surface area contributed by atoms with Gasteiger partial charge in [0.1, 0.15) is 5.75 Å². The molecule has 4 nitrogen and oxygen atoms in total. The van der Waals surface area contributed by atoms with E-state index in [0.29, 0.717) is 33.7 Å². The quantitative estimate of drug-likeness (QED) is 0.502. The fraction of sp³-hybridized carbons (Fsp3) is 0.222. The number of hydrogen-bond acceptors (Lipinski definition) is 3. The molecule has 0 amide bonds. The number of hydrogen-bond donors (Lipinski definition) is 1. The third-order valence-electron chi connectivity index (χ3n) is 3.88. The van der Waals surface area contributed by atoms with Crippen LogP contribution in [0, 0.1) is 0 Å². The molecule has 0 saturated heterocycles. The second-order valence-electron chi connectivity index (χ2n) is 5.47. The molecule has 1 aromatic carbocycles. The van der Waals surface area contributed by atoms with Gasteiger partial charge < -0.3 is 5.11 Å². The molecular formula is C18H16BrClN2O2. The Labute approximate surface area is 152 Å². The summed E-state index contributed by atoms with van der Waals surface area (Å²) in [6, 6.07) is 10.6. The van der Waals surface area contributed by atoms with E-state index in [1.165, 1.54) is 4.57 Å². The van der Waals surface area contributed by atoms with E-state index >= 15 is 0 Å². The Balaban J connectivity index is 2.29. The van der Waals surface area contributed by atoms with Gasteiger partial charge in [0.05, 0.1) is 16.6 Å². The summed E-state index contributed by atoms with van der Waals surface area (Å²) in [6.45, 7) is 0. The Morgan fingerprint density at radius 2 is 2.04 bits per heavy atom. The van der Waals surface area contributed by atoms with Gasteiger partial charge in [-0.2, -0.15) is 0 Å². The largest absolute Gasteiger partial charge is 0.507 e. The van der Waals surface area contributed by atoms with E-state index in [1.807, 2.05) is 0 Å². The average Bonchev–Trinajstić information content (AvgIpc) is 2.58. The summed E-state index contributed by atoms with van der Waals surface area (Å²) in [7, 11) is 0. The number of aromatic hydroxyl groups is 1. The number of pyridine rings is 2. The molecule has 0 unspecified atom stereocenters. The van der Waals surface area contributed by atoms with Crippen LogP contribution in [0.4, 0.5) is 0 Å². The van der Waals surface area contributed by atoms with Gasteiger partial charge in [-0.1, -0.05) is 33.6 Å². The maximum absolute atomic E-state index is 13.0. The van der Waals surface area contributed by atoms with Crippen molar-refractivity contribution in [1.82, 2.24) is 9.55 Å². The van der Waals surface area contributed by atoms with Crippen molar-refractivity contribution in [2.24, 2.45) is 0 Å². The molecule has 0 atom stereocenters. The lowest BCUT2D eigenvalue weighted by Gasteiger charge is -2.14. The van der Waals surface area contributed by atoms with Crippen LogP contribution in [0.3, 0.4) is 0 Å². The highest BCUT2D eigenvalue weighted by atomic mass is 79.9. The molecule has 3 aromatic rings. The molecule has 6 heteroatoms. The molecule has 24 heavy (non-hydrogen) atoms. The molecule has 124 valence electrons. The lowest BCUT2D eigenvalue weighted by molar-refractivity contribution is 0.470. The van der Waals surface area contributed by atoms with Crippen molar-refractivity contribution in [2.45, 2.75) is 19.3 Å². The molecular weight excluding hydrogens is 392 g/mol. The highest BCUT2D eigenvalue weighted by Gasteiger charge is 2.17. The first-order chi connectivity index (χ1) is 11.6. The predicted octanol–water partition coefficient (Wildman–Crippen LogP) is 4.46. The maximum atomic E-state index is 13.0. The third-order valence-corrected chi connectivity index (χ3v) is 4.67. The molecule has 0 fully saturated rings. The van der Waals surface area contributed by atoms with E-state index in [9.17, 15) is 9.90 Å². The van der Waals surface area contributed by atoms with E-state index < -0.39 is 0 Å². The Hall–Kier alpha value is -1.85. The number of benzene rings is 1. The summed E-state index contributed by atoms with van der Waals surface area (Å²) in [5, 5.41) is 12.5. The smallest absolute Gasteiger partial charge is 0.263 e. The lowest BCUT2D eigenvalue weighted by atomic mass is 10.1. The zero-order chi connectivity index (χ0) is 17.1. The fourth-order valence-corrected chi connectivity index (χ4v) is 3.31. The van der Waals surface area contributed by atoms with Crippen LogP contribution in [0.25, 0.3) is 16.7 Å². The van der Waals surface area contributed by atoms with Crippen LogP contribution < -0.4 is 5.56 Å². The number of nitrogens with zero attached hydrogens (tertiary/aromatic N) is 2. The Bertz CT molecular complexity index is 940. The van der Waals surface area contributed by atoms with Gasteiger partial charge in [-0.25, -0.2) is 4.98 Å². The van der Waals surface area contributed by atoms with Crippen molar-refractivity contribution in [3.8, 4) is 11.4 Å². The van der Waals surface area contributed by atoms with E-state index in [0.717, 1.165) is 18.2 Å². The molecule has 0 aliphatic heterocycles. The van der Waals surface area contributed by atoms with Crippen LogP contribution >= 0.6 is 27.5 Å². The molecule has 1 N–H and O–H groups in total. The first-order valence-corrected chi connectivity index (χ1v) is 9.17. The second-order valence-corrected chi connectivity index (χ2v) is 6.70. The minimum atomic E-state index is -0.254. The Morgan fingerprint density at radius 1 is 1.21 bits per heavy atom. The van der Waals surface area contributed by atoms with Gasteiger partial charge in [-0.15, -0.1) is 0 Å². The number of fused-ring (bicyclic) bond motifs is 1. The van der Waals surface area contributed by atoms with Crippen LogP contribution in [0.1, 0.15) is 18.4 Å². The minimum absolute atomic E-state index is 0.0240. The third kappa shape index (κ3) is 3.19. The molecule has 0 spiro atoms. The standard InChI is InChI=1S/C18H16BrClN2O2/c19-9-2-1-7-15-16(23)14-8-4-10-21-17(14)22(18(15)24)13-6-3-5-12(20)11-13/h3-6,8,10-11,23H,1-2,7,9H2. The van der Waals surface area contributed by atoms with Crippen LogP contribution in [-0.4, -0.2) is 20.0 Å². The van der Waals surface area contributed by atoms with Gasteiger partial charge in [0.2, 0.25) is 0 Å². The average molecular weight is 408 g/mol. The molecule has 0 bridgehead atoms. The fourth-order valence-electron chi connectivity index (χ4n) is 2.73. The zero-order valence-corrected chi connectivity index (χ0v) is 15.2. The highest BCUT2D eigenvalue weighted by molar-refractivity contribution is 9.09. The van der Waals surface area contributed by atoms with Crippen molar-refractivity contribution in [3.63, 3.8) is 0 Å². The molecule has 0 aliphatic rings. The molecule has 2 aromatic heterocycles.